The number of fused-ring (bicyclic) bond motifs is 3. The van der Waals surface area contributed by atoms with Crippen LogP contribution in [0.5, 0.6) is 5.75 Å². The van der Waals surface area contributed by atoms with Gasteiger partial charge in [0.05, 0.1) is 6.17 Å². The number of carbonyl (C=O) groups excluding carboxylic acids is 1. The minimum absolute atomic E-state index is 0.0981. The molecule has 28 heavy (non-hydrogen) atoms. The van der Waals surface area contributed by atoms with Crippen LogP contribution in [0, 0.1) is 0 Å². The van der Waals surface area contributed by atoms with Gasteiger partial charge in [-0.05, 0) is 37.2 Å². The third-order valence-electron chi connectivity index (χ3n) is 5.08. The third kappa shape index (κ3) is 4.25. The third-order valence-corrected chi connectivity index (χ3v) is 5.08. The second-order valence-corrected chi connectivity index (χ2v) is 6.96. The van der Waals surface area contributed by atoms with Gasteiger partial charge in [0.25, 0.3) is 0 Å². The van der Waals surface area contributed by atoms with Crippen LogP contribution >= 0.6 is 0 Å². The number of anilines is 1. The van der Waals surface area contributed by atoms with Crippen molar-refractivity contribution in [3.63, 3.8) is 0 Å². The molecule has 3 N–H and O–H groups in total. The van der Waals surface area contributed by atoms with Crippen LogP contribution in [0.2, 0.25) is 0 Å². The van der Waals surface area contributed by atoms with E-state index in [2.05, 4.69) is 36.1 Å². The van der Waals surface area contributed by atoms with Gasteiger partial charge in [-0.3, -0.25) is 4.90 Å². The van der Waals surface area contributed by atoms with Gasteiger partial charge in [-0.2, -0.15) is 0 Å². The molecule has 1 aromatic carbocycles. The molecular weight excluding hydrogens is 366 g/mol. The maximum absolute atomic E-state index is 11.4. The predicted octanol–water partition coefficient (Wildman–Crippen LogP) is 1.49. The average molecular weight is 391 g/mol. The Kier molecular flexibility index (Phi) is 6.30. The van der Waals surface area contributed by atoms with Crippen LogP contribution in [0.1, 0.15) is 18.9 Å². The van der Waals surface area contributed by atoms with Crippen molar-refractivity contribution >= 4 is 23.7 Å². The van der Waals surface area contributed by atoms with Gasteiger partial charge < -0.3 is 25.2 Å². The van der Waals surface area contributed by atoms with Crippen molar-refractivity contribution in [2.45, 2.75) is 24.9 Å². The topological polar surface area (TPSA) is 119 Å². The fourth-order valence-electron chi connectivity index (χ4n) is 3.92. The number of rotatable bonds is 3. The van der Waals surface area contributed by atoms with Gasteiger partial charge in [-0.25, -0.2) is 14.4 Å². The molecule has 3 rings (SSSR count). The van der Waals surface area contributed by atoms with E-state index in [0.29, 0.717) is 24.1 Å². The number of nitrogens with one attached hydrogen (secondary N) is 1. The van der Waals surface area contributed by atoms with Crippen LogP contribution < -0.4 is 15.0 Å². The van der Waals surface area contributed by atoms with E-state index in [-0.39, 0.29) is 5.41 Å². The number of hydrogen-bond acceptors (Lipinski definition) is 6. The van der Waals surface area contributed by atoms with E-state index in [1.807, 2.05) is 18.2 Å². The van der Waals surface area contributed by atoms with Crippen LogP contribution in [-0.4, -0.2) is 67.0 Å². The van der Waals surface area contributed by atoms with E-state index in [1.54, 1.807) is 7.05 Å². The van der Waals surface area contributed by atoms with Gasteiger partial charge in [-0.1, -0.05) is 6.92 Å². The highest BCUT2D eigenvalue weighted by atomic mass is 16.5. The van der Waals surface area contributed by atoms with E-state index in [1.165, 1.54) is 11.3 Å². The van der Waals surface area contributed by atoms with Gasteiger partial charge >= 0.3 is 18.0 Å². The monoisotopic (exact) mass is 391 g/mol. The summed E-state index contributed by atoms with van der Waals surface area (Å²) in [4.78, 5) is 35.2. The standard InChI is InChI=1S/C15H21N3O2.C4H4O4/c1-15-7-8-17(3)13(15)18(4)12-6-5-10(9-11(12)15)20-14(19)16-2;5-3(6)1-2-4(7)8/h5-6,9,13H,7-8H2,1-4H3,(H,16,19);1-2H,(H,5,6)(H,7,8)/b;2-1-/t13-,15+;/m1./s1. The lowest BCUT2D eigenvalue weighted by molar-refractivity contribution is -0.134. The summed E-state index contributed by atoms with van der Waals surface area (Å²) < 4.78 is 5.26. The van der Waals surface area contributed by atoms with Crippen LogP contribution in [-0.2, 0) is 15.0 Å². The molecule has 0 aliphatic carbocycles. The molecule has 2 aliphatic rings. The average Bonchev–Trinajstić information content (AvgIpc) is 3.06. The minimum atomic E-state index is -1.26. The summed E-state index contributed by atoms with van der Waals surface area (Å²) in [6, 6.07) is 5.92. The summed E-state index contributed by atoms with van der Waals surface area (Å²) in [5, 5.41) is 18.1. The summed E-state index contributed by atoms with van der Waals surface area (Å²) in [6.45, 7) is 3.39. The summed E-state index contributed by atoms with van der Waals surface area (Å²) >= 11 is 0. The van der Waals surface area contributed by atoms with Gasteiger partial charge in [0, 0.05) is 43.9 Å². The maximum atomic E-state index is 11.4. The molecule has 0 spiro atoms. The molecule has 0 aromatic heterocycles. The second-order valence-electron chi connectivity index (χ2n) is 6.96. The van der Waals surface area contributed by atoms with Gasteiger partial charge in [0.15, 0.2) is 0 Å². The van der Waals surface area contributed by atoms with Gasteiger partial charge in [0.1, 0.15) is 5.75 Å². The molecule has 1 amide bonds. The number of likely N-dealkylation sites (tertiary alicyclic amines) is 1. The Balaban J connectivity index is 0.000000300. The number of carboxylic acid groups (broad SMARTS) is 2. The van der Waals surface area contributed by atoms with Crippen molar-refractivity contribution < 1.29 is 29.3 Å². The first-order valence-electron chi connectivity index (χ1n) is 8.71. The van der Waals surface area contributed by atoms with Crippen molar-refractivity contribution in [2.75, 3.05) is 32.6 Å². The first kappa shape index (κ1) is 21.2. The first-order chi connectivity index (χ1) is 13.1. The van der Waals surface area contributed by atoms with Crippen LogP contribution in [0.25, 0.3) is 0 Å². The Morgan fingerprint density at radius 1 is 1.21 bits per heavy atom. The molecular formula is C19H25N3O6. The molecule has 2 atom stereocenters. The molecule has 9 heteroatoms. The number of likely N-dealkylation sites (N-methyl/N-ethyl adjacent to an activating group) is 2. The largest absolute Gasteiger partial charge is 0.478 e. The second kappa shape index (κ2) is 8.30. The normalized spacial score (nSPS) is 22.9. The number of nitrogens with zero attached hydrogens (tertiary/aromatic N) is 2. The highest BCUT2D eigenvalue weighted by molar-refractivity contribution is 5.89. The lowest BCUT2D eigenvalue weighted by Crippen LogP contribution is -2.45. The summed E-state index contributed by atoms with van der Waals surface area (Å²) in [6.07, 6.45) is 2.19. The summed E-state index contributed by atoms with van der Waals surface area (Å²) in [5.74, 6) is -1.91. The molecule has 0 unspecified atom stereocenters. The number of benzene rings is 1. The highest BCUT2D eigenvalue weighted by Gasteiger charge is 2.52. The molecule has 1 saturated heterocycles. The summed E-state index contributed by atoms with van der Waals surface area (Å²) in [5.41, 5.74) is 2.60. The molecule has 152 valence electrons. The SMILES string of the molecule is CNC(=O)Oc1ccc2c(c1)[C@]1(C)CCN(C)[C@@H]1N2C.O=C(O)/C=C\C(=O)O. The van der Waals surface area contributed by atoms with Crippen molar-refractivity contribution in [1.29, 1.82) is 0 Å². The quantitative estimate of drug-likeness (QED) is 0.663. The van der Waals surface area contributed by atoms with E-state index >= 15 is 0 Å². The molecule has 0 radical (unpaired) electrons. The Morgan fingerprint density at radius 3 is 2.36 bits per heavy atom. The van der Waals surface area contributed by atoms with Gasteiger partial charge in [0.2, 0.25) is 0 Å². The van der Waals surface area contributed by atoms with Crippen molar-refractivity contribution in [3.05, 3.63) is 35.9 Å². The lowest BCUT2D eigenvalue weighted by atomic mass is 9.81. The predicted molar refractivity (Wildman–Crippen MR) is 103 cm³/mol. The van der Waals surface area contributed by atoms with Crippen molar-refractivity contribution in [2.24, 2.45) is 0 Å². The van der Waals surface area contributed by atoms with Crippen LogP contribution in [0.4, 0.5) is 10.5 Å². The Labute approximate surface area is 163 Å². The molecule has 0 bridgehead atoms. The number of carbonyl (C=O) groups is 3. The van der Waals surface area contributed by atoms with Crippen LogP contribution in [0.3, 0.4) is 0 Å². The number of amides is 1. The van der Waals surface area contributed by atoms with E-state index < -0.39 is 18.0 Å². The number of ether oxygens (including phenoxy) is 1. The Morgan fingerprint density at radius 2 is 1.82 bits per heavy atom. The van der Waals surface area contributed by atoms with E-state index in [0.717, 1.165) is 13.0 Å². The zero-order valence-electron chi connectivity index (χ0n) is 16.3. The number of carboxylic acids is 2. The molecule has 0 saturated carbocycles. The van der Waals surface area contributed by atoms with E-state index in [9.17, 15) is 14.4 Å². The summed E-state index contributed by atoms with van der Waals surface area (Å²) in [7, 11) is 5.86. The maximum Gasteiger partial charge on any atom is 0.412 e. The van der Waals surface area contributed by atoms with Gasteiger partial charge in [-0.15, -0.1) is 0 Å². The highest BCUT2D eigenvalue weighted by Crippen LogP contribution is 2.51. The molecule has 2 aliphatic heterocycles. The lowest BCUT2D eigenvalue weighted by Gasteiger charge is -2.32. The smallest absolute Gasteiger partial charge is 0.412 e. The number of aliphatic carboxylic acids is 2. The molecule has 1 aromatic rings. The minimum Gasteiger partial charge on any atom is -0.478 e. The van der Waals surface area contributed by atoms with Crippen molar-refractivity contribution in [1.82, 2.24) is 10.2 Å². The molecule has 9 nitrogen and oxygen atoms in total. The Hall–Kier alpha value is -3.07. The number of hydrogen-bond donors (Lipinski definition) is 3. The molecule has 2 heterocycles. The fourth-order valence-corrected chi connectivity index (χ4v) is 3.92. The zero-order valence-corrected chi connectivity index (χ0v) is 16.3. The van der Waals surface area contributed by atoms with Crippen molar-refractivity contribution in [3.8, 4) is 5.75 Å². The van der Waals surface area contributed by atoms with E-state index in [4.69, 9.17) is 14.9 Å². The first-order valence-corrected chi connectivity index (χ1v) is 8.71. The fraction of sp³-hybridized carbons (Fsp3) is 0.421. The molecule has 1 fully saturated rings. The van der Waals surface area contributed by atoms with Crippen LogP contribution in [0.15, 0.2) is 30.4 Å². The Bertz CT molecular complexity index is 793. The zero-order chi connectivity index (χ0) is 21.1.